The van der Waals surface area contributed by atoms with E-state index in [1.54, 1.807) is 0 Å². The van der Waals surface area contributed by atoms with Crippen LogP contribution in [0.4, 0.5) is 5.69 Å². The second-order valence-electron chi connectivity index (χ2n) is 16.1. The third-order valence-corrected chi connectivity index (χ3v) is 10.5. The Balaban J connectivity index is 1.40. The third kappa shape index (κ3) is 6.08. The van der Waals surface area contributed by atoms with Gasteiger partial charge in [-0.2, -0.15) is 0 Å². The van der Waals surface area contributed by atoms with Crippen molar-refractivity contribution in [2.75, 3.05) is 4.90 Å². The van der Waals surface area contributed by atoms with Gasteiger partial charge in [-0.05, 0) is 111 Å². The van der Waals surface area contributed by atoms with E-state index in [0.29, 0.717) is 28.5 Å². The fourth-order valence-corrected chi connectivity index (χ4v) is 8.33. The van der Waals surface area contributed by atoms with E-state index in [1.165, 1.54) is 22.3 Å². The van der Waals surface area contributed by atoms with Crippen molar-refractivity contribution in [1.29, 1.82) is 10.8 Å². The van der Waals surface area contributed by atoms with Crippen LogP contribution in [0.3, 0.4) is 0 Å². The third-order valence-electron chi connectivity index (χ3n) is 10.5. The van der Waals surface area contributed by atoms with Crippen molar-refractivity contribution in [2.24, 2.45) is 20.0 Å². The lowest BCUT2D eigenvalue weighted by atomic mass is 9.78. The van der Waals surface area contributed by atoms with Gasteiger partial charge in [0.2, 0.25) is 0 Å². The highest BCUT2D eigenvalue weighted by Gasteiger charge is 2.39. The molecule has 4 aromatic rings. The van der Waals surface area contributed by atoms with Gasteiger partial charge in [0, 0.05) is 28.6 Å². The molecule has 0 radical (unpaired) electrons. The molecule has 1 aliphatic heterocycles. The number of rotatable bonds is 7. The normalized spacial score (nSPS) is 19.1. The van der Waals surface area contributed by atoms with Crippen molar-refractivity contribution in [3.8, 4) is 22.3 Å². The van der Waals surface area contributed by atoms with E-state index in [4.69, 9.17) is 20.0 Å². The number of aliphatic imine (C=N–C) groups is 2. The number of hydrogen-bond acceptors (Lipinski definition) is 7. The van der Waals surface area contributed by atoms with Crippen LogP contribution in [0.25, 0.3) is 27.8 Å². The highest BCUT2D eigenvalue weighted by atomic mass is 15.2. The van der Waals surface area contributed by atoms with E-state index in [9.17, 15) is 10.8 Å². The maximum absolute atomic E-state index is 9.62. The maximum atomic E-state index is 9.62. The van der Waals surface area contributed by atoms with Crippen LogP contribution in [0, 0.1) is 10.8 Å². The first-order valence-corrected chi connectivity index (χ1v) is 19.1. The Labute approximate surface area is 323 Å². The van der Waals surface area contributed by atoms with Crippen LogP contribution >= 0.6 is 0 Å². The summed E-state index contributed by atoms with van der Waals surface area (Å²) in [6.45, 7) is 16.8. The highest BCUT2D eigenvalue weighted by molar-refractivity contribution is 6.63. The van der Waals surface area contributed by atoms with Crippen LogP contribution in [0.2, 0.25) is 0 Å². The smallest absolute Gasteiger partial charge is 0.146 e. The molecule has 0 aromatic heterocycles. The zero-order valence-corrected chi connectivity index (χ0v) is 32.9. The molecule has 274 valence electrons. The summed E-state index contributed by atoms with van der Waals surface area (Å²) in [5, 5.41) is 20.8. The first-order chi connectivity index (χ1) is 26.3. The SMILES string of the molecule is CC(C)N=C1C=CC=C(N(C2=CC=C(c3ccccc3)C(=N)C2=NC(C)C)c2ccc(-c3cccc4c3C(C)(C)c3ccccc3-4)c3c2=NC(C)(C)N=3)C1=N. The van der Waals surface area contributed by atoms with Crippen LogP contribution in [-0.2, 0) is 5.41 Å². The van der Waals surface area contributed by atoms with E-state index in [0.717, 1.165) is 38.7 Å². The van der Waals surface area contributed by atoms with Gasteiger partial charge in [-0.3, -0.25) is 30.8 Å². The summed E-state index contributed by atoms with van der Waals surface area (Å²) in [5.74, 6) is 0. The lowest BCUT2D eigenvalue weighted by Gasteiger charge is -2.34. The van der Waals surface area contributed by atoms with Crippen LogP contribution < -0.4 is 15.6 Å². The molecule has 0 saturated carbocycles. The summed E-state index contributed by atoms with van der Waals surface area (Å²) >= 11 is 0. The van der Waals surface area contributed by atoms with Gasteiger partial charge in [-0.1, -0.05) is 92.7 Å². The van der Waals surface area contributed by atoms with Gasteiger partial charge in [0.15, 0.2) is 0 Å². The fourth-order valence-electron chi connectivity index (χ4n) is 8.33. The molecule has 0 saturated heterocycles. The van der Waals surface area contributed by atoms with Gasteiger partial charge in [0.05, 0.1) is 33.9 Å². The lowest BCUT2D eigenvalue weighted by molar-refractivity contribution is 0.549. The highest BCUT2D eigenvalue weighted by Crippen LogP contribution is 2.51. The molecule has 4 aromatic carbocycles. The molecule has 55 heavy (non-hydrogen) atoms. The molecular formula is C48H47N7. The summed E-state index contributed by atoms with van der Waals surface area (Å²) in [7, 11) is 0. The molecule has 3 aliphatic carbocycles. The summed E-state index contributed by atoms with van der Waals surface area (Å²) < 4.78 is 0. The van der Waals surface area contributed by atoms with Gasteiger partial charge in [-0.25, -0.2) is 0 Å². The number of anilines is 1. The predicted molar refractivity (Wildman–Crippen MR) is 229 cm³/mol. The van der Waals surface area contributed by atoms with Crippen molar-refractivity contribution in [2.45, 2.75) is 78.6 Å². The van der Waals surface area contributed by atoms with Gasteiger partial charge < -0.3 is 4.90 Å². The molecule has 7 heteroatoms. The maximum Gasteiger partial charge on any atom is 0.146 e. The summed E-state index contributed by atoms with van der Waals surface area (Å²) in [6.07, 6.45) is 9.84. The van der Waals surface area contributed by atoms with Gasteiger partial charge in [0.25, 0.3) is 0 Å². The number of fused-ring (bicyclic) bond motifs is 4. The summed E-state index contributed by atoms with van der Waals surface area (Å²) in [6, 6.07) is 29.5. The van der Waals surface area contributed by atoms with Crippen LogP contribution in [0.15, 0.2) is 147 Å². The van der Waals surface area contributed by atoms with E-state index in [-0.39, 0.29) is 23.2 Å². The topological polar surface area (TPSA) is 100 Å². The minimum atomic E-state index is -0.725. The molecule has 4 aliphatic rings. The Morgan fingerprint density at radius 1 is 0.618 bits per heavy atom. The van der Waals surface area contributed by atoms with E-state index < -0.39 is 5.66 Å². The quantitative estimate of drug-likeness (QED) is 0.183. The molecule has 0 bridgehead atoms. The molecular weight excluding hydrogens is 675 g/mol. The Bertz CT molecular complexity index is 2630. The van der Waals surface area contributed by atoms with E-state index >= 15 is 0 Å². The second kappa shape index (κ2) is 13.3. The molecule has 7 nitrogen and oxygen atoms in total. The Morgan fingerprint density at radius 2 is 1.27 bits per heavy atom. The second-order valence-corrected chi connectivity index (χ2v) is 16.1. The van der Waals surface area contributed by atoms with Crippen molar-refractivity contribution in [3.05, 3.63) is 154 Å². The van der Waals surface area contributed by atoms with E-state index in [2.05, 4.69) is 73.3 Å². The van der Waals surface area contributed by atoms with Crippen LogP contribution in [-0.4, -0.2) is 40.6 Å². The van der Waals surface area contributed by atoms with Crippen LogP contribution in [0.1, 0.15) is 72.1 Å². The van der Waals surface area contributed by atoms with Crippen molar-refractivity contribution in [1.82, 2.24) is 0 Å². The zero-order chi connectivity index (χ0) is 38.8. The zero-order valence-electron chi connectivity index (χ0n) is 32.9. The number of nitrogens with one attached hydrogen (secondary N) is 2. The average molecular weight is 722 g/mol. The molecule has 0 unspecified atom stereocenters. The molecule has 2 N–H and O–H groups in total. The van der Waals surface area contributed by atoms with Crippen molar-refractivity contribution >= 4 is 34.1 Å². The van der Waals surface area contributed by atoms with Crippen LogP contribution in [0.5, 0.6) is 0 Å². The molecule has 8 rings (SSSR count). The predicted octanol–water partition coefficient (Wildman–Crippen LogP) is 9.63. The number of benzene rings is 4. The minimum absolute atomic E-state index is 0.00502. The molecule has 0 fully saturated rings. The largest absolute Gasteiger partial charge is 0.304 e. The fraction of sp³-hybridized carbons (Fsp3) is 0.250. The Morgan fingerprint density at radius 3 is 2.00 bits per heavy atom. The first-order valence-electron chi connectivity index (χ1n) is 19.1. The van der Waals surface area contributed by atoms with Gasteiger partial charge in [-0.15, -0.1) is 0 Å². The standard InChI is InChI=1S/C48H47N7/c1-28(2)51-37-22-15-23-38(43(37)50)55(39-26-24-31(30-16-10-9-11-17-30)42(49)45(39)52-29(3)4)40-27-25-35(44-46(40)54-48(7,8)53-44)34-20-14-19-33-32-18-12-13-21-36(32)47(5,6)41(33)34/h9-29,49-50H,1-8H3. The summed E-state index contributed by atoms with van der Waals surface area (Å²) in [5.41, 5.74) is 11.9. The first kappa shape index (κ1) is 35.9. The molecule has 1 heterocycles. The lowest BCUT2D eigenvalue weighted by Crippen LogP contribution is -2.42. The average Bonchev–Trinajstić information content (AvgIpc) is 3.60. The number of nitrogens with zero attached hydrogens (tertiary/aromatic N) is 5. The monoisotopic (exact) mass is 721 g/mol. The van der Waals surface area contributed by atoms with Gasteiger partial charge in [0.1, 0.15) is 22.4 Å². The molecule has 0 spiro atoms. The number of hydrogen-bond donors (Lipinski definition) is 2. The summed E-state index contributed by atoms with van der Waals surface area (Å²) in [4.78, 5) is 22.6. The minimum Gasteiger partial charge on any atom is -0.304 e. The van der Waals surface area contributed by atoms with Gasteiger partial charge >= 0.3 is 0 Å². The van der Waals surface area contributed by atoms with Crippen molar-refractivity contribution < 1.29 is 0 Å². The Hall–Kier alpha value is -6.08. The number of allylic oxidation sites excluding steroid dienone is 8. The van der Waals surface area contributed by atoms with Crippen molar-refractivity contribution in [3.63, 3.8) is 0 Å². The van der Waals surface area contributed by atoms with E-state index in [1.807, 2.05) is 102 Å². The molecule has 0 atom stereocenters. The molecule has 0 amide bonds. The Kier molecular flexibility index (Phi) is 8.71.